The third-order valence-electron chi connectivity index (χ3n) is 4.59. The highest BCUT2D eigenvalue weighted by Crippen LogP contribution is 2.30. The fourth-order valence-electron chi connectivity index (χ4n) is 3.36. The van der Waals surface area contributed by atoms with E-state index in [2.05, 4.69) is 15.5 Å². The lowest BCUT2D eigenvalue weighted by atomic mass is 9.89. The van der Waals surface area contributed by atoms with Gasteiger partial charge in [-0.25, -0.2) is 0 Å². The average Bonchev–Trinajstić information content (AvgIpc) is 3.17. The number of aromatic nitrogens is 2. The van der Waals surface area contributed by atoms with Crippen LogP contribution in [0, 0.1) is 5.92 Å². The Morgan fingerprint density at radius 1 is 1.10 bits per heavy atom. The molecule has 1 N–H and O–H groups in total. The topological polar surface area (TPSA) is 68.0 Å². The Morgan fingerprint density at radius 2 is 1.80 bits per heavy atom. The maximum atomic E-state index is 11.9. The summed E-state index contributed by atoms with van der Waals surface area (Å²) in [6.07, 6.45) is 10.5. The van der Waals surface area contributed by atoms with Crippen molar-refractivity contribution >= 4 is 5.91 Å². The predicted molar refractivity (Wildman–Crippen MR) is 73.9 cm³/mol. The third kappa shape index (κ3) is 3.19. The maximum absolute atomic E-state index is 11.9. The summed E-state index contributed by atoms with van der Waals surface area (Å²) >= 11 is 0. The number of hydrogen-bond donors (Lipinski definition) is 1. The minimum atomic E-state index is 0.139. The molecule has 0 aliphatic heterocycles. The summed E-state index contributed by atoms with van der Waals surface area (Å²) in [7, 11) is 0. The van der Waals surface area contributed by atoms with Crippen molar-refractivity contribution in [3.63, 3.8) is 0 Å². The third-order valence-corrected chi connectivity index (χ3v) is 4.59. The van der Waals surface area contributed by atoms with Crippen molar-refractivity contribution in [1.29, 1.82) is 0 Å². The smallest absolute Gasteiger partial charge is 0.246 e. The van der Waals surface area contributed by atoms with E-state index in [1.807, 2.05) is 0 Å². The Balaban J connectivity index is 1.50. The normalized spacial score (nSPS) is 21.2. The van der Waals surface area contributed by atoms with Gasteiger partial charge in [-0.3, -0.25) is 4.79 Å². The zero-order valence-corrected chi connectivity index (χ0v) is 11.9. The van der Waals surface area contributed by atoms with Crippen LogP contribution in [0.3, 0.4) is 0 Å². The molecule has 3 rings (SSSR count). The van der Waals surface area contributed by atoms with Gasteiger partial charge in [0.15, 0.2) is 5.82 Å². The molecule has 0 spiro atoms. The fraction of sp³-hybridized carbons (Fsp3) is 0.800. The Morgan fingerprint density at radius 3 is 2.55 bits per heavy atom. The molecule has 0 bridgehead atoms. The molecule has 110 valence electrons. The zero-order valence-electron chi connectivity index (χ0n) is 11.9. The van der Waals surface area contributed by atoms with Crippen molar-refractivity contribution in [3.8, 4) is 0 Å². The molecule has 5 nitrogen and oxygen atoms in total. The van der Waals surface area contributed by atoms with Gasteiger partial charge >= 0.3 is 0 Å². The number of nitrogens with zero attached hydrogens (tertiary/aromatic N) is 2. The molecule has 0 radical (unpaired) electrons. The van der Waals surface area contributed by atoms with Crippen LogP contribution in [0.2, 0.25) is 0 Å². The van der Waals surface area contributed by atoms with Gasteiger partial charge in [0.1, 0.15) is 0 Å². The van der Waals surface area contributed by atoms with E-state index >= 15 is 0 Å². The Kier molecular flexibility index (Phi) is 4.33. The van der Waals surface area contributed by atoms with Crippen LogP contribution in [0.25, 0.3) is 0 Å². The number of nitrogens with one attached hydrogen (secondary N) is 1. The molecule has 0 aromatic carbocycles. The predicted octanol–water partition coefficient (Wildman–Crippen LogP) is 2.92. The van der Waals surface area contributed by atoms with E-state index in [0.717, 1.165) is 31.5 Å². The molecule has 0 saturated heterocycles. The molecule has 1 heterocycles. The van der Waals surface area contributed by atoms with Crippen molar-refractivity contribution in [2.24, 2.45) is 5.92 Å². The van der Waals surface area contributed by atoms with E-state index in [1.54, 1.807) is 0 Å². The highest BCUT2D eigenvalue weighted by Gasteiger charge is 2.24. The van der Waals surface area contributed by atoms with Gasteiger partial charge < -0.3 is 9.84 Å². The quantitative estimate of drug-likeness (QED) is 0.918. The van der Waals surface area contributed by atoms with Crippen molar-refractivity contribution in [2.75, 3.05) is 0 Å². The number of rotatable bonds is 4. The van der Waals surface area contributed by atoms with E-state index in [9.17, 15) is 4.79 Å². The summed E-state index contributed by atoms with van der Waals surface area (Å²) in [6.45, 7) is 0.370. The standard InChI is InChI=1S/C15H23N3O2/c19-15(12-8-4-5-9-12)16-10-13-17-14(18-20-13)11-6-2-1-3-7-11/h11-12H,1-10H2,(H,16,19). The molecule has 5 heteroatoms. The molecular formula is C15H23N3O2. The van der Waals surface area contributed by atoms with Crippen LogP contribution in [0.15, 0.2) is 4.52 Å². The second-order valence-electron chi connectivity index (χ2n) is 6.08. The van der Waals surface area contributed by atoms with Crippen LogP contribution in [0.5, 0.6) is 0 Å². The molecule has 2 aliphatic carbocycles. The zero-order chi connectivity index (χ0) is 13.8. The lowest BCUT2D eigenvalue weighted by Crippen LogP contribution is -2.28. The molecular weight excluding hydrogens is 254 g/mol. The van der Waals surface area contributed by atoms with E-state index in [0.29, 0.717) is 18.4 Å². The Hall–Kier alpha value is -1.39. The van der Waals surface area contributed by atoms with Crippen LogP contribution >= 0.6 is 0 Å². The minimum Gasteiger partial charge on any atom is -0.347 e. The summed E-state index contributed by atoms with van der Waals surface area (Å²) in [5.74, 6) is 2.15. The molecule has 0 atom stereocenters. The Bertz CT molecular complexity index is 446. The van der Waals surface area contributed by atoms with Crippen LogP contribution in [-0.4, -0.2) is 16.0 Å². The monoisotopic (exact) mass is 277 g/mol. The summed E-state index contributed by atoms with van der Waals surface area (Å²) in [5.41, 5.74) is 0. The molecule has 1 aromatic heterocycles. The van der Waals surface area contributed by atoms with E-state index in [-0.39, 0.29) is 11.8 Å². The largest absolute Gasteiger partial charge is 0.347 e. The maximum Gasteiger partial charge on any atom is 0.246 e. The molecule has 1 amide bonds. The van der Waals surface area contributed by atoms with E-state index in [1.165, 1.54) is 32.1 Å². The summed E-state index contributed by atoms with van der Waals surface area (Å²) in [4.78, 5) is 16.4. The summed E-state index contributed by atoms with van der Waals surface area (Å²) < 4.78 is 5.26. The van der Waals surface area contributed by atoms with Gasteiger partial charge in [-0.1, -0.05) is 37.3 Å². The molecule has 0 unspecified atom stereocenters. The molecule has 2 saturated carbocycles. The number of carbonyl (C=O) groups is 1. The van der Waals surface area contributed by atoms with Gasteiger partial charge in [0.25, 0.3) is 0 Å². The Labute approximate surface area is 119 Å². The number of carbonyl (C=O) groups excluding carboxylic acids is 1. The first-order valence-electron chi connectivity index (χ1n) is 7.93. The highest BCUT2D eigenvalue weighted by atomic mass is 16.5. The fourth-order valence-corrected chi connectivity index (χ4v) is 3.36. The lowest BCUT2D eigenvalue weighted by molar-refractivity contribution is -0.125. The minimum absolute atomic E-state index is 0.139. The first-order valence-corrected chi connectivity index (χ1v) is 7.93. The van der Waals surface area contributed by atoms with Gasteiger partial charge in [0.2, 0.25) is 11.8 Å². The van der Waals surface area contributed by atoms with Crippen LogP contribution in [0.1, 0.15) is 75.4 Å². The highest BCUT2D eigenvalue weighted by molar-refractivity contribution is 5.78. The SMILES string of the molecule is O=C(NCc1nc(C2CCCCC2)no1)C1CCCC1. The van der Waals surface area contributed by atoms with Gasteiger partial charge in [0, 0.05) is 11.8 Å². The summed E-state index contributed by atoms with van der Waals surface area (Å²) in [6, 6.07) is 0. The number of amides is 1. The van der Waals surface area contributed by atoms with Gasteiger partial charge in [-0.05, 0) is 25.7 Å². The van der Waals surface area contributed by atoms with Crippen LogP contribution in [-0.2, 0) is 11.3 Å². The van der Waals surface area contributed by atoms with Crippen LogP contribution in [0.4, 0.5) is 0 Å². The van der Waals surface area contributed by atoms with E-state index in [4.69, 9.17) is 4.52 Å². The van der Waals surface area contributed by atoms with Crippen LogP contribution < -0.4 is 5.32 Å². The average molecular weight is 277 g/mol. The van der Waals surface area contributed by atoms with Gasteiger partial charge in [-0.15, -0.1) is 0 Å². The first kappa shape index (κ1) is 13.6. The summed E-state index contributed by atoms with van der Waals surface area (Å²) in [5, 5.41) is 7.00. The van der Waals surface area contributed by atoms with Crippen molar-refractivity contribution in [3.05, 3.63) is 11.7 Å². The van der Waals surface area contributed by atoms with Crippen molar-refractivity contribution < 1.29 is 9.32 Å². The second kappa shape index (κ2) is 6.37. The molecule has 20 heavy (non-hydrogen) atoms. The molecule has 1 aromatic rings. The van der Waals surface area contributed by atoms with Crippen molar-refractivity contribution in [1.82, 2.24) is 15.5 Å². The first-order chi connectivity index (χ1) is 9.83. The molecule has 2 aliphatic rings. The second-order valence-corrected chi connectivity index (χ2v) is 6.08. The van der Waals surface area contributed by atoms with Gasteiger partial charge in [0.05, 0.1) is 6.54 Å². The molecule has 2 fully saturated rings. The lowest BCUT2D eigenvalue weighted by Gasteiger charge is -2.17. The van der Waals surface area contributed by atoms with Crippen molar-refractivity contribution in [2.45, 2.75) is 70.3 Å². The van der Waals surface area contributed by atoms with Gasteiger partial charge in [-0.2, -0.15) is 4.98 Å². The number of hydrogen-bond acceptors (Lipinski definition) is 4. The van der Waals surface area contributed by atoms with E-state index < -0.39 is 0 Å².